The van der Waals surface area contributed by atoms with Crippen molar-refractivity contribution >= 4 is 28.6 Å². The Morgan fingerprint density at radius 3 is 2.21 bits per heavy atom. The number of carbonyl (C=O) groups is 1. The number of aliphatic carboxylic acids is 1. The smallest absolute Gasteiger partial charge is 0.309 e. The van der Waals surface area contributed by atoms with Crippen LogP contribution in [-0.2, 0) is 30.9 Å². The molecule has 6 aromatic rings. The van der Waals surface area contributed by atoms with Crippen molar-refractivity contribution in [3.8, 4) is 17.0 Å². The fraction of sp³-hybridized carbons (Fsp3) is 0.282. The zero-order chi connectivity index (χ0) is 33.9. The van der Waals surface area contributed by atoms with Crippen molar-refractivity contribution in [2.75, 3.05) is 0 Å². The monoisotopic (exact) mass is 659 g/mol. The van der Waals surface area contributed by atoms with Crippen LogP contribution >= 0.6 is 11.8 Å². The van der Waals surface area contributed by atoms with Crippen LogP contribution in [0.2, 0.25) is 0 Å². The van der Waals surface area contributed by atoms with Gasteiger partial charge in [-0.05, 0) is 61.9 Å². The van der Waals surface area contributed by atoms with Crippen molar-refractivity contribution < 1.29 is 14.6 Å². The van der Waals surface area contributed by atoms with E-state index >= 15 is 0 Å². The Kier molecular flexibility index (Phi) is 9.42. The number of thioether (sulfide) groups is 1. The topological polar surface area (TPSA) is 95.1 Å². The number of carboxylic acid groups (broad SMARTS) is 1. The molecule has 0 amide bonds. The summed E-state index contributed by atoms with van der Waals surface area (Å²) in [6.45, 7) is 11.8. The number of imidazole rings is 1. The maximum absolute atomic E-state index is 12.4. The summed E-state index contributed by atoms with van der Waals surface area (Å²) < 4.78 is 10.4. The highest BCUT2D eigenvalue weighted by Gasteiger charge is 2.33. The van der Waals surface area contributed by atoms with Gasteiger partial charge in [0.15, 0.2) is 0 Å². The lowest BCUT2D eigenvalue weighted by atomic mass is 9.88. The van der Waals surface area contributed by atoms with Crippen LogP contribution in [0.15, 0.2) is 109 Å². The third kappa shape index (κ3) is 7.80. The SMILES string of the molecule is CC(C)(C)Sc1c(CC(C)(C)C(=O)O)n(Cc2ccc(-c3cn(Cc4ccccn4)cn3)cc2)c2ccc(OCc3ccccn3)cc12. The molecule has 1 N–H and O–H groups in total. The van der Waals surface area contributed by atoms with Gasteiger partial charge in [-0.3, -0.25) is 14.8 Å². The molecule has 0 saturated heterocycles. The first-order valence-corrected chi connectivity index (χ1v) is 16.9. The Hall–Kier alpha value is -4.89. The Morgan fingerprint density at radius 1 is 0.854 bits per heavy atom. The molecule has 0 bridgehead atoms. The van der Waals surface area contributed by atoms with Gasteiger partial charge in [0.25, 0.3) is 0 Å². The van der Waals surface area contributed by atoms with Gasteiger partial charge in [-0.25, -0.2) is 4.98 Å². The van der Waals surface area contributed by atoms with Crippen molar-refractivity contribution in [2.24, 2.45) is 5.41 Å². The van der Waals surface area contributed by atoms with Gasteiger partial charge in [-0.2, -0.15) is 0 Å². The average Bonchev–Trinajstić information content (AvgIpc) is 3.63. The number of nitrogens with zero attached hydrogens (tertiary/aromatic N) is 5. The molecule has 8 nitrogen and oxygen atoms in total. The minimum absolute atomic E-state index is 0.103. The molecule has 0 aliphatic carbocycles. The Bertz CT molecular complexity index is 2010. The lowest BCUT2D eigenvalue weighted by Crippen LogP contribution is -2.28. The predicted octanol–water partition coefficient (Wildman–Crippen LogP) is 8.51. The van der Waals surface area contributed by atoms with E-state index in [1.165, 1.54) is 0 Å². The minimum Gasteiger partial charge on any atom is -0.487 e. The van der Waals surface area contributed by atoms with E-state index in [2.05, 4.69) is 76.7 Å². The van der Waals surface area contributed by atoms with Crippen molar-refractivity contribution in [1.29, 1.82) is 0 Å². The first-order valence-electron chi connectivity index (χ1n) is 16.1. The van der Waals surface area contributed by atoms with Gasteiger partial charge < -0.3 is 19.0 Å². The van der Waals surface area contributed by atoms with Crippen LogP contribution in [0.4, 0.5) is 0 Å². The van der Waals surface area contributed by atoms with E-state index in [1.54, 1.807) is 38.0 Å². The molecule has 4 heterocycles. The van der Waals surface area contributed by atoms with Gasteiger partial charge in [0.05, 0.1) is 35.4 Å². The minimum atomic E-state index is -0.963. The maximum Gasteiger partial charge on any atom is 0.309 e. The fourth-order valence-electron chi connectivity index (χ4n) is 5.59. The highest BCUT2D eigenvalue weighted by molar-refractivity contribution is 8.00. The van der Waals surface area contributed by atoms with Crippen LogP contribution in [0.1, 0.15) is 57.3 Å². The number of fused-ring (bicyclic) bond motifs is 1. The van der Waals surface area contributed by atoms with Crippen LogP contribution in [0.5, 0.6) is 5.75 Å². The number of hydrogen-bond acceptors (Lipinski definition) is 6. The highest BCUT2D eigenvalue weighted by atomic mass is 32.2. The number of hydrogen-bond donors (Lipinski definition) is 1. The van der Waals surface area contributed by atoms with E-state index in [0.29, 0.717) is 26.1 Å². The van der Waals surface area contributed by atoms with Gasteiger partial charge in [0.2, 0.25) is 0 Å². The highest BCUT2D eigenvalue weighted by Crippen LogP contribution is 2.44. The van der Waals surface area contributed by atoms with Crippen molar-refractivity contribution in [3.05, 3.63) is 126 Å². The van der Waals surface area contributed by atoms with E-state index in [4.69, 9.17) is 4.74 Å². The van der Waals surface area contributed by atoms with Crippen LogP contribution in [0.3, 0.4) is 0 Å². The third-order valence-corrected chi connectivity index (χ3v) is 9.37. The second kappa shape index (κ2) is 13.7. The quantitative estimate of drug-likeness (QED) is 0.132. The van der Waals surface area contributed by atoms with Crippen molar-refractivity contribution in [3.63, 3.8) is 0 Å². The molecule has 0 aliphatic rings. The number of pyridine rings is 2. The molecule has 0 unspecified atom stereocenters. The molecule has 0 fully saturated rings. The van der Waals surface area contributed by atoms with E-state index in [1.807, 2.05) is 59.6 Å². The molecular weight excluding hydrogens is 619 g/mol. The summed E-state index contributed by atoms with van der Waals surface area (Å²) in [5.74, 6) is -0.0748. The first-order chi connectivity index (χ1) is 22.9. The van der Waals surface area contributed by atoms with Crippen molar-refractivity contribution in [2.45, 2.75) is 70.4 Å². The summed E-state index contributed by atoms with van der Waals surface area (Å²) in [6, 6.07) is 26.3. The predicted molar refractivity (Wildman–Crippen MR) is 191 cm³/mol. The van der Waals surface area contributed by atoms with Gasteiger partial charge in [-0.1, -0.05) is 57.2 Å². The van der Waals surface area contributed by atoms with E-state index in [9.17, 15) is 9.90 Å². The Morgan fingerprint density at radius 2 is 1.56 bits per heavy atom. The summed E-state index contributed by atoms with van der Waals surface area (Å²) in [5.41, 5.74) is 5.96. The lowest BCUT2D eigenvalue weighted by molar-refractivity contribution is -0.146. The Labute approximate surface area is 285 Å². The zero-order valence-electron chi connectivity index (χ0n) is 28.1. The van der Waals surface area contributed by atoms with E-state index in [0.717, 1.165) is 55.5 Å². The van der Waals surface area contributed by atoms with Crippen LogP contribution in [0, 0.1) is 5.41 Å². The Balaban J connectivity index is 1.35. The van der Waals surface area contributed by atoms with Gasteiger partial charge in [-0.15, -0.1) is 11.8 Å². The molecule has 9 heteroatoms. The molecule has 2 aromatic carbocycles. The molecule has 0 saturated carbocycles. The summed E-state index contributed by atoms with van der Waals surface area (Å²) in [4.78, 5) is 26.9. The molecule has 48 heavy (non-hydrogen) atoms. The number of benzene rings is 2. The second-order valence-electron chi connectivity index (χ2n) is 13.7. The van der Waals surface area contributed by atoms with Gasteiger partial charge >= 0.3 is 5.97 Å². The number of ether oxygens (including phenoxy) is 1. The number of carboxylic acids is 1. The standard InChI is InChI=1S/C39H41N5O3S/c1-38(2,3)48-36-32-20-31(47-25-30-11-7-9-19-41-30)16-17-34(32)44(35(36)21-39(4,5)37(45)46)22-27-12-14-28(15-13-27)33-24-43(26-42-33)23-29-10-6-8-18-40-29/h6-20,24,26H,21-23,25H2,1-5H3,(H,45,46). The molecule has 0 radical (unpaired) electrons. The summed E-state index contributed by atoms with van der Waals surface area (Å²) >= 11 is 1.77. The molecule has 0 spiro atoms. The summed E-state index contributed by atoms with van der Waals surface area (Å²) in [7, 11) is 0. The van der Waals surface area contributed by atoms with E-state index in [-0.39, 0.29) is 4.75 Å². The van der Waals surface area contributed by atoms with Crippen LogP contribution < -0.4 is 4.74 Å². The lowest BCUT2D eigenvalue weighted by Gasteiger charge is -2.24. The second-order valence-corrected chi connectivity index (χ2v) is 15.5. The average molecular weight is 660 g/mol. The zero-order valence-corrected chi connectivity index (χ0v) is 28.9. The summed E-state index contributed by atoms with van der Waals surface area (Å²) in [6.07, 6.45) is 7.82. The molecule has 246 valence electrons. The molecule has 0 atom stereocenters. The fourth-order valence-corrected chi connectivity index (χ4v) is 6.78. The molecule has 4 aromatic heterocycles. The maximum atomic E-state index is 12.4. The largest absolute Gasteiger partial charge is 0.487 e. The summed E-state index contributed by atoms with van der Waals surface area (Å²) in [5, 5.41) is 11.2. The molecular formula is C39H41N5O3S. The molecule has 6 rings (SSSR count). The van der Waals surface area contributed by atoms with Crippen LogP contribution in [-0.4, -0.2) is 39.9 Å². The first kappa shape index (κ1) is 33.0. The normalized spacial score (nSPS) is 12.0. The molecule has 0 aliphatic heterocycles. The van der Waals surface area contributed by atoms with E-state index < -0.39 is 11.4 Å². The van der Waals surface area contributed by atoms with Gasteiger partial charge in [0, 0.05) is 63.4 Å². The van der Waals surface area contributed by atoms with Gasteiger partial charge in [0.1, 0.15) is 12.4 Å². The third-order valence-electron chi connectivity index (χ3n) is 8.10. The van der Waals surface area contributed by atoms with Crippen molar-refractivity contribution in [1.82, 2.24) is 24.1 Å². The number of aromatic nitrogens is 5. The number of rotatable bonds is 12. The van der Waals surface area contributed by atoms with Crippen LogP contribution in [0.25, 0.3) is 22.2 Å².